The van der Waals surface area contributed by atoms with Gasteiger partial charge in [-0.1, -0.05) is 18.2 Å². The van der Waals surface area contributed by atoms with Crippen molar-refractivity contribution in [1.82, 2.24) is 19.7 Å². The molecule has 1 atom stereocenters. The number of piperidine rings is 1. The molecule has 1 unspecified atom stereocenters. The normalized spacial score (nSPS) is 21.3. The highest BCUT2D eigenvalue weighted by atomic mass is 32.2. The first-order valence-electron chi connectivity index (χ1n) is 9.46. The van der Waals surface area contributed by atoms with Crippen LogP contribution in [0.1, 0.15) is 37.9 Å². The Labute approximate surface area is 157 Å². The molecular formula is C19H25FN4OS. The van der Waals surface area contributed by atoms with Gasteiger partial charge in [0.25, 0.3) is 0 Å². The minimum Gasteiger partial charge on any atom is -0.377 e. The van der Waals surface area contributed by atoms with Gasteiger partial charge in [-0.3, -0.25) is 9.47 Å². The summed E-state index contributed by atoms with van der Waals surface area (Å²) in [6, 6.07) is 6.59. The van der Waals surface area contributed by atoms with Gasteiger partial charge in [0.15, 0.2) is 11.0 Å². The summed E-state index contributed by atoms with van der Waals surface area (Å²) < 4.78 is 21.2. The summed E-state index contributed by atoms with van der Waals surface area (Å²) in [7, 11) is 0. The van der Waals surface area contributed by atoms with E-state index in [1.54, 1.807) is 23.9 Å². The topological polar surface area (TPSA) is 43.2 Å². The van der Waals surface area contributed by atoms with Crippen LogP contribution < -0.4 is 0 Å². The average Bonchev–Trinajstić information content (AvgIpc) is 3.32. The second-order valence-corrected chi connectivity index (χ2v) is 7.98. The molecule has 0 saturated carbocycles. The van der Waals surface area contributed by atoms with E-state index in [0.29, 0.717) is 6.10 Å². The van der Waals surface area contributed by atoms with Crippen LogP contribution in [0.25, 0.3) is 5.69 Å². The van der Waals surface area contributed by atoms with E-state index in [9.17, 15) is 4.39 Å². The number of thioether (sulfide) groups is 1. The summed E-state index contributed by atoms with van der Waals surface area (Å²) in [4.78, 5) is 2.43. The summed E-state index contributed by atoms with van der Waals surface area (Å²) in [6.07, 6.45) is 6.33. The third-order valence-corrected chi connectivity index (χ3v) is 6.08. The molecular weight excluding hydrogens is 351 g/mol. The van der Waals surface area contributed by atoms with E-state index in [0.717, 1.165) is 61.5 Å². The van der Waals surface area contributed by atoms with E-state index in [4.69, 9.17) is 4.74 Å². The molecule has 0 aliphatic carbocycles. The van der Waals surface area contributed by atoms with Crippen molar-refractivity contribution in [1.29, 1.82) is 0 Å². The molecule has 140 valence electrons. The van der Waals surface area contributed by atoms with E-state index in [2.05, 4.69) is 19.7 Å². The Morgan fingerprint density at radius 3 is 2.62 bits per heavy atom. The summed E-state index contributed by atoms with van der Waals surface area (Å²) in [5, 5.41) is 9.77. The van der Waals surface area contributed by atoms with Gasteiger partial charge < -0.3 is 4.74 Å². The van der Waals surface area contributed by atoms with Crippen LogP contribution in [0.4, 0.5) is 4.39 Å². The third kappa shape index (κ3) is 4.27. The lowest BCUT2D eigenvalue weighted by molar-refractivity contribution is 0.129. The van der Waals surface area contributed by atoms with Gasteiger partial charge >= 0.3 is 0 Å². The van der Waals surface area contributed by atoms with Gasteiger partial charge in [0.05, 0.1) is 12.6 Å². The molecule has 26 heavy (non-hydrogen) atoms. The van der Waals surface area contributed by atoms with Crippen molar-refractivity contribution in [2.24, 2.45) is 0 Å². The van der Waals surface area contributed by atoms with Gasteiger partial charge in [0.1, 0.15) is 5.82 Å². The van der Waals surface area contributed by atoms with Crippen LogP contribution in [0, 0.1) is 5.82 Å². The number of likely N-dealkylation sites (tertiary alicyclic amines) is 1. The van der Waals surface area contributed by atoms with Crippen LogP contribution in [-0.4, -0.2) is 51.2 Å². The maximum atomic E-state index is 13.4. The second kappa shape index (κ2) is 8.50. The maximum absolute atomic E-state index is 13.4. The number of nitrogens with zero attached hydrogens (tertiary/aromatic N) is 4. The predicted molar refractivity (Wildman–Crippen MR) is 100 cm³/mol. The Morgan fingerprint density at radius 1 is 1.08 bits per heavy atom. The highest BCUT2D eigenvalue weighted by Gasteiger charge is 2.21. The molecule has 0 amide bonds. The highest BCUT2D eigenvalue weighted by Crippen LogP contribution is 2.27. The summed E-state index contributed by atoms with van der Waals surface area (Å²) in [5.74, 6) is 1.57. The molecule has 1 aromatic carbocycles. The second-order valence-electron chi connectivity index (χ2n) is 6.99. The van der Waals surface area contributed by atoms with Crippen molar-refractivity contribution in [3.8, 4) is 5.69 Å². The number of ether oxygens (including phenoxy) is 1. The van der Waals surface area contributed by atoms with Gasteiger partial charge in [0.2, 0.25) is 0 Å². The van der Waals surface area contributed by atoms with Gasteiger partial charge in [0, 0.05) is 18.0 Å². The van der Waals surface area contributed by atoms with Crippen LogP contribution in [0.3, 0.4) is 0 Å². The van der Waals surface area contributed by atoms with Gasteiger partial charge in [-0.25, -0.2) is 4.39 Å². The first kappa shape index (κ1) is 17.9. The molecule has 2 aliphatic heterocycles. The zero-order valence-electron chi connectivity index (χ0n) is 14.9. The highest BCUT2D eigenvalue weighted by molar-refractivity contribution is 7.99. The number of aromatic nitrogens is 3. The van der Waals surface area contributed by atoms with Gasteiger partial charge in [-0.05, 0) is 63.0 Å². The van der Waals surface area contributed by atoms with Crippen LogP contribution in [0.15, 0.2) is 29.4 Å². The number of hydrogen-bond acceptors (Lipinski definition) is 5. The van der Waals surface area contributed by atoms with E-state index in [-0.39, 0.29) is 5.82 Å². The largest absolute Gasteiger partial charge is 0.377 e. The molecule has 2 aromatic rings. The van der Waals surface area contributed by atoms with Gasteiger partial charge in [-0.2, -0.15) is 0 Å². The van der Waals surface area contributed by atoms with Crippen molar-refractivity contribution in [3.05, 3.63) is 35.9 Å². The Balaban J connectivity index is 1.56. The Kier molecular flexibility index (Phi) is 5.87. The van der Waals surface area contributed by atoms with Crippen molar-refractivity contribution in [2.75, 3.05) is 25.4 Å². The molecule has 0 radical (unpaired) electrons. The smallest absolute Gasteiger partial charge is 0.195 e. The molecule has 2 fully saturated rings. The summed E-state index contributed by atoms with van der Waals surface area (Å²) >= 11 is 1.68. The fourth-order valence-corrected chi connectivity index (χ4v) is 4.64. The first-order chi connectivity index (χ1) is 12.8. The van der Waals surface area contributed by atoms with Gasteiger partial charge in [-0.15, -0.1) is 10.2 Å². The minimum atomic E-state index is -0.229. The molecule has 7 heteroatoms. The molecule has 0 N–H and O–H groups in total. The van der Waals surface area contributed by atoms with E-state index in [1.165, 1.54) is 31.4 Å². The van der Waals surface area contributed by atoms with Crippen molar-refractivity contribution >= 4 is 11.8 Å². The molecule has 2 aliphatic rings. The Morgan fingerprint density at radius 2 is 1.88 bits per heavy atom. The zero-order chi connectivity index (χ0) is 17.8. The lowest BCUT2D eigenvalue weighted by Gasteiger charge is -2.26. The molecule has 2 saturated heterocycles. The molecule has 1 aromatic heterocycles. The first-order valence-corrected chi connectivity index (χ1v) is 10.4. The molecule has 0 spiro atoms. The average molecular weight is 377 g/mol. The van der Waals surface area contributed by atoms with Crippen molar-refractivity contribution in [3.63, 3.8) is 0 Å². The Bertz CT molecular complexity index is 709. The lowest BCUT2D eigenvalue weighted by Crippen LogP contribution is -2.30. The van der Waals surface area contributed by atoms with Crippen LogP contribution in [0.2, 0.25) is 0 Å². The number of halogens is 1. The monoisotopic (exact) mass is 376 g/mol. The van der Waals surface area contributed by atoms with Crippen molar-refractivity contribution < 1.29 is 9.13 Å². The third-order valence-electron chi connectivity index (χ3n) is 5.02. The van der Waals surface area contributed by atoms with E-state index >= 15 is 0 Å². The van der Waals surface area contributed by atoms with Crippen LogP contribution >= 0.6 is 11.8 Å². The standard InChI is InChI=1S/C19H25FN4OS/c20-15-6-8-16(9-7-15)24-18(13-23-10-2-1-3-11-23)21-22-19(24)26-14-17-5-4-12-25-17/h6-9,17H,1-5,10-14H2. The SMILES string of the molecule is Fc1ccc(-n2c(CN3CCCCC3)nnc2SCC2CCCO2)cc1. The number of benzene rings is 1. The van der Waals surface area contributed by atoms with Crippen molar-refractivity contribution in [2.45, 2.75) is 49.9 Å². The van der Waals surface area contributed by atoms with Crippen LogP contribution in [0.5, 0.6) is 0 Å². The maximum Gasteiger partial charge on any atom is 0.195 e. The van der Waals surface area contributed by atoms with Crippen LogP contribution in [-0.2, 0) is 11.3 Å². The van der Waals surface area contributed by atoms with E-state index < -0.39 is 0 Å². The quantitative estimate of drug-likeness (QED) is 0.720. The predicted octanol–water partition coefficient (Wildman–Crippen LogP) is 3.66. The molecule has 3 heterocycles. The lowest BCUT2D eigenvalue weighted by atomic mass is 10.1. The molecule has 4 rings (SSSR count). The number of hydrogen-bond donors (Lipinski definition) is 0. The summed E-state index contributed by atoms with van der Waals surface area (Å²) in [6.45, 7) is 3.85. The Hall–Kier alpha value is -1.44. The molecule has 0 bridgehead atoms. The zero-order valence-corrected chi connectivity index (χ0v) is 15.8. The number of rotatable bonds is 6. The van der Waals surface area contributed by atoms with E-state index in [1.807, 2.05) is 0 Å². The summed E-state index contributed by atoms with van der Waals surface area (Å²) in [5.41, 5.74) is 0.915. The molecule has 5 nitrogen and oxygen atoms in total. The minimum absolute atomic E-state index is 0.229. The fraction of sp³-hybridized carbons (Fsp3) is 0.579. The fourth-order valence-electron chi connectivity index (χ4n) is 3.61.